The summed E-state index contributed by atoms with van der Waals surface area (Å²) in [6.45, 7) is 8.84. The summed E-state index contributed by atoms with van der Waals surface area (Å²) in [7, 11) is 1.78. The summed E-state index contributed by atoms with van der Waals surface area (Å²) in [6, 6.07) is 6.68. The van der Waals surface area contributed by atoms with Gasteiger partial charge in [0.25, 0.3) is 0 Å². The molecule has 0 atom stereocenters. The SMILES string of the molecule is COc1cc(CNCCC(C)C)ccc1N1CCCCCC1. The van der Waals surface area contributed by atoms with Crippen LogP contribution in [-0.2, 0) is 6.54 Å². The second-order valence-electron chi connectivity index (χ2n) is 6.77. The highest BCUT2D eigenvalue weighted by molar-refractivity contribution is 5.60. The maximum Gasteiger partial charge on any atom is 0.142 e. The van der Waals surface area contributed by atoms with Crippen molar-refractivity contribution in [2.24, 2.45) is 5.92 Å². The maximum absolute atomic E-state index is 5.66. The predicted molar refractivity (Wildman–Crippen MR) is 94.8 cm³/mol. The Labute approximate surface area is 136 Å². The summed E-state index contributed by atoms with van der Waals surface area (Å²) in [5, 5.41) is 3.52. The Bertz CT molecular complexity index is 437. The minimum Gasteiger partial charge on any atom is -0.495 e. The van der Waals surface area contributed by atoms with Gasteiger partial charge in [0, 0.05) is 19.6 Å². The van der Waals surface area contributed by atoms with Crippen molar-refractivity contribution in [1.82, 2.24) is 5.32 Å². The van der Waals surface area contributed by atoms with Crippen molar-refractivity contribution in [3.63, 3.8) is 0 Å². The molecule has 0 bridgehead atoms. The van der Waals surface area contributed by atoms with E-state index in [0.717, 1.165) is 37.8 Å². The van der Waals surface area contributed by atoms with Crippen molar-refractivity contribution in [3.05, 3.63) is 23.8 Å². The Balaban J connectivity index is 1.97. The van der Waals surface area contributed by atoms with E-state index < -0.39 is 0 Å². The molecule has 0 radical (unpaired) electrons. The molecule has 1 saturated heterocycles. The van der Waals surface area contributed by atoms with E-state index >= 15 is 0 Å². The molecule has 1 fully saturated rings. The van der Waals surface area contributed by atoms with Crippen LogP contribution in [0.15, 0.2) is 18.2 Å². The molecule has 1 heterocycles. The molecular weight excluding hydrogens is 272 g/mol. The van der Waals surface area contributed by atoms with Crippen molar-refractivity contribution in [2.45, 2.75) is 52.5 Å². The molecule has 0 saturated carbocycles. The highest BCUT2D eigenvalue weighted by Crippen LogP contribution is 2.31. The molecule has 1 aliphatic heterocycles. The van der Waals surface area contributed by atoms with Crippen molar-refractivity contribution < 1.29 is 4.74 Å². The zero-order valence-electron chi connectivity index (χ0n) is 14.5. The topological polar surface area (TPSA) is 24.5 Å². The van der Waals surface area contributed by atoms with Crippen LogP contribution in [0.4, 0.5) is 5.69 Å². The van der Waals surface area contributed by atoms with Gasteiger partial charge in [-0.3, -0.25) is 0 Å². The first kappa shape index (κ1) is 17.1. The van der Waals surface area contributed by atoms with Crippen molar-refractivity contribution in [2.75, 3.05) is 31.6 Å². The largest absolute Gasteiger partial charge is 0.495 e. The molecule has 0 aliphatic carbocycles. The van der Waals surface area contributed by atoms with E-state index in [1.807, 2.05) is 0 Å². The highest BCUT2D eigenvalue weighted by atomic mass is 16.5. The molecule has 3 nitrogen and oxygen atoms in total. The molecule has 2 rings (SSSR count). The lowest BCUT2D eigenvalue weighted by molar-refractivity contribution is 0.413. The molecule has 1 aliphatic rings. The molecule has 1 aromatic rings. The van der Waals surface area contributed by atoms with Gasteiger partial charge in [0.2, 0.25) is 0 Å². The quantitative estimate of drug-likeness (QED) is 0.764. The molecule has 0 spiro atoms. The average Bonchev–Trinajstić information content (AvgIpc) is 2.80. The van der Waals surface area contributed by atoms with Crippen LogP contribution >= 0.6 is 0 Å². The number of ether oxygens (including phenoxy) is 1. The van der Waals surface area contributed by atoms with Crippen LogP contribution in [-0.4, -0.2) is 26.7 Å². The molecule has 0 unspecified atom stereocenters. The number of methoxy groups -OCH3 is 1. The third-order valence-electron chi connectivity index (χ3n) is 4.42. The van der Waals surface area contributed by atoms with Gasteiger partial charge in [0.05, 0.1) is 12.8 Å². The van der Waals surface area contributed by atoms with Gasteiger partial charge >= 0.3 is 0 Å². The Kier molecular flexibility index (Phi) is 7.04. The number of nitrogens with one attached hydrogen (secondary N) is 1. The summed E-state index contributed by atoms with van der Waals surface area (Å²) < 4.78 is 5.66. The van der Waals surface area contributed by atoms with Crippen molar-refractivity contribution in [3.8, 4) is 5.75 Å². The van der Waals surface area contributed by atoms with Gasteiger partial charge in [-0.15, -0.1) is 0 Å². The van der Waals surface area contributed by atoms with Crippen LogP contribution < -0.4 is 15.0 Å². The van der Waals surface area contributed by atoms with Gasteiger partial charge in [0.15, 0.2) is 0 Å². The second-order valence-corrected chi connectivity index (χ2v) is 6.77. The van der Waals surface area contributed by atoms with E-state index in [9.17, 15) is 0 Å². The number of rotatable bonds is 7. The third-order valence-corrected chi connectivity index (χ3v) is 4.42. The minimum atomic E-state index is 0.757. The monoisotopic (exact) mass is 304 g/mol. The molecule has 124 valence electrons. The van der Waals surface area contributed by atoms with E-state index in [4.69, 9.17) is 4.74 Å². The van der Waals surface area contributed by atoms with Gasteiger partial charge in [-0.1, -0.05) is 32.8 Å². The number of hydrogen-bond donors (Lipinski definition) is 1. The lowest BCUT2D eigenvalue weighted by Gasteiger charge is -2.25. The molecular formula is C19H32N2O. The van der Waals surface area contributed by atoms with Gasteiger partial charge in [-0.2, -0.15) is 0 Å². The highest BCUT2D eigenvalue weighted by Gasteiger charge is 2.14. The molecule has 1 aromatic carbocycles. The van der Waals surface area contributed by atoms with Crippen molar-refractivity contribution >= 4 is 5.69 Å². The average molecular weight is 304 g/mol. The lowest BCUT2D eigenvalue weighted by atomic mass is 10.1. The van der Waals surface area contributed by atoms with Crippen LogP contribution in [0.1, 0.15) is 51.5 Å². The van der Waals surface area contributed by atoms with Crippen LogP contribution in [0.3, 0.4) is 0 Å². The van der Waals surface area contributed by atoms with Crippen molar-refractivity contribution in [1.29, 1.82) is 0 Å². The first-order valence-corrected chi connectivity index (χ1v) is 8.83. The molecule has 1 N–H and O–H groups in total. The first-order valence-electron chi connectivity index (χ1n) is 8.83. The van der Waals surface area contributed by atoms with E-state index in [1.165, 1.54) is 43.4 Å². The number of benzene rings is 1. The van der Waals surface area contributed by atoms with Crippen LogP contribution in [0.25, 0.3) is 0 Å². The fraction of sp³-hybridized carbons (Fsp3) is 0.684. The fourth-order valence-corrected chi connectivity index (χ4v) is 3.03. The third kappa shape index (κ3) is 5.20. The summed E-state index contributed by atoms with van der Waals surface area (Å²) in [5.41, 5.74) is 2.56. The maximum atomic E-state index is 5.66. The van der Waals surface area contributed by atoms with E-state index in [2.05, 4.69) is 42.3 Å². The Morgan fingerprint density at radius 3 is 2.50 bits per heavy atom. The lowest BCUT2D eigenvalue weighted by Crippen LogP contribution is -2.24. The first-order chi connectivity index (χ1) is 10.7. The van der Waals surface area contributed by atoms with Crippen LogP contribution in [0.2, 0.25) is 0 Å². The minimum absolute atomic E-state index is 0.757. The second kappa shape index (κ2) is 9.04. The zero-order chi connectivity index (χ0) is 15.8. The summed E-state index contributed by atoms with van der Waals surface area (Å²) in [5.74, 6) is 1.78. The van der Waals surface area contributed by atoms with E-state index in [0.29, 0.717) is 0 Å². The Morgan fingerprint density at radius 1 is 1.14 bits per heavy atom. The standard InChI is InChI=1S/C19H32N2O/c1-16(2)10-11-20-15-17-8-9-18(19(14-17)22-3)21-12-6-4-5-7-13-21/h8-9,14,16,20H,4-7,10-13,15H2,1-3H3. The predicted octanol–water partition coefficient (Wildman–Crippen LogP) is 4.21. The number of hydrogen-bond acceptors (Lipinski definition) is 3. The summed E-state index contributed by atoms with van der Waals surface area (Å²) in [6.07, 6.45) is 6.53. The fourth-order valence-electron chi connectivity index (χ4n) is 3.03. The van der Waals surface area contributed by atoms with Gasteiger partial charge in [-0.25, -0.2) is 0 Å². The molecule has 3 heteroatoms. The molecule has 22 heavy (non-hydrogen) atoms. The van der Waals surface area contributed by atoms with Gasteiger partial charge in [-0.05, 0) is 49.4 Å². The normalized spacial score (nSPS) is 15.9. The number of nitrogens with zero attached hydrogens (tertiary/aromatic N) is 1. The van der Waals surface area contributed by atoms with Crippen LogP contribution in [0.5, 0.6) is 5.75 Å². The summed E-state index contributed by atoms with van der Waals surface area (Å²) in [4.78, 5) is 2.49. The van der Waals surface area contributed by atoms with E-state index in [1.54, 1.807) is 7.11 Å². The zero-order valence-corrected chi connectivity index (χ0v) is 14.5. The Morgan fingerprint density at radius 2 is 1.86 bits per heavy atom. The molecule has 0 amide bonds. The van der Waals surface area contributed by atoms with Crippen LogP contribution in [0, 0.1) is 5.92 Å². The van der Waals surface area contributed by atoms with Gasteiger partial charge in [0.1, 0.15) is 5.75 Å². The smallest absolute Gasteiger partial charge is 0.142 e. The van der Waals surface area contributed by atoms with Gasteiger partial charge < -0.3 is 15.0 Å². The Hall–Kier alpha value is -1.22. The van der Waals surface area contributed by atoms with E-state index in [-0.39, 0.29) is 0 Å². The summed E-state index contributed by atoms with van der Waals surface area (Å²) >= 11 is 0. The molecule has 0 aromatic heterocycles. The number of anilines is 1.